The molecule has 0 aliphatic heterocycles. The van der Waals surface area contributed by atoms with Crippen LogP contribution in [0.4, 0.5) is 18.9 Å². The Morgan fingerprint density at radius 2 is 2.06 bits per heavy atom. The van der Waals surface area contributed by atoms with E-state index in [1.807, 2.05) is 13.8 Å². The average Bonchev–Trinajstić information content (AvgIpc) is 2.27. The van der Waals surface area contributed by atoms with Gasteiger partial charge < -0.3 is 10.2 Å². The predicted octanol–water partition coefficient (Wildman–Crippen LogP) is 2.75. The standard InChI is InChI=1S/C12H18F3N3/c1-4-16-9(2)11-6-5-10(7-17-11)18(3)8-12(13,14)15/h5-7,9,16H,4,8H2,1-3H3. The Labute approximate surface area is 105 Å². The first-order chi connectivity index (χ1) is 8.33. The lowest BCUT2D eigenvalue weighted by atomic mass is 10.2. The lowest BCUT2D eigenvalue weighted by Crippen LogP contribution is -2.31. The van der Waals surface area contributed by atoms with Gasteiger partial charge in [-0.2, -0.15) is 13.2 Å². The first kappa shape index (κ1) is 14.8. The van der Waals surface area contributed by atoms with Crippen molar-refractivity contribution in [3.8, 4) is 0 Å². The number of alkyl halides is 3. The van der Waals surface area contributed by atoms with Gasteiger partial charge in [-0.3, -0.25) is 4.98 Å². The summed E-state index contributed by atoms with van der Waals surface area (Å²) in [6.45, 7) is 3.79. The molecule has 0 aliphatic rings. The molecule has 0 radical (unpaired) electrons. The Balaban J connectivity index is 2.70. The zero-order valence-corrected chi connectivity index (χ0v) is 10.8. The first-order valence-corrected chi connectivity index (χ1v) is 5.80. The minimum atomic E-state index is -4.20. The molecule has 0 spiro atoms. The van der Waals surface area contributed by atoms with Crippen LogP contribution in [-0.4, -0.2) is 31.3 Å². The third kappa shape index (κ3) is 4.52. The predicted molar refractivity (Wildman–Crippen MR) is 65.7 cm³/mol. The fraction of sp³-hybridized carbons (Fsp3) is 0.583. The quantitative estimate of drug-likeness (QED) is 0.883. The van der Waals surface area contributed by atoms with Crippen molar-refractivity contribution >= 4 is 5.69 Å². The number of hydrogen-bond acceptors (Lipinski definition) is 3. The fourth-order valence-corrected chi connectivity index (χ4v) is 1.65. The molecule has 1 N–H and O–H groups in total. The van der Waals surface area contributed by atoms with Crippen LogP contribution in [0.25, 0.3) is 0 Å². The summed E-state index contributed by atoms with van der Waals surface area (Å²) < 4.78 is 36.7. The molecule has 3 nitrogen and oxygen atoms in total. The zero-order valence-electron chi connectivity index (χ0n) is 10.8. The fourth-order valence-electron chi connectivity index (χ4n) is 1.65. The van der Waals surface area contributed by atoms with E-state index < -0.39 is 12.7 Å². The largest absolute Gasteiger partial charge is 0.405 e. The molecule has 18 heavy (non-hydrogen) atoms. The van der Waals surface area contributed by atoms with Gasteiger partial charge in [-0.15, -0.1) is 0 Å². The number of rotatable bonds is 5. The summed E-state index contributed by atoms with van der Waals surface area (Å²) in [6.07, 6.45) is -2.74. The molecule has 0 saturated carbocycles. The molecular formula is C12H18F3N3. The van der Waals surface area contributed by atoms with Crippen LogP contribution in [0.1, 0.15) is 25.6 Å². The number of hydrogen-bond donors (Lipinski definition) is 1. The topological polar surface area (TPSA) is 28.2 Å². The third-order valence-electron chi connectivity index (χ3n) is 2.58. The van der Waals surface area contributed by atoms with Crippen molar-refractivity contribution in [2.45, 2.75) is 26.1 Å². The highest BCUT2D eigenvalue weighted by Crippen LogP contribution is 2.21. The van der Waals surface area contributed by atoms with Gasteiger partial charge in [-0.1, -0.05) is 6.92 Å². The number of nitrogens with zero attached hydrogens (tertiary/aromatic N) is 2. The number of nitrogens with one attached hydrogen (secondary N) is 1. The molecule has 0 bridgehead atoms. The molecule has 0 amide bonds. The van der Waals surface area contributed by atoms with Crippen LogP contribution in [0, 0.1) is 0 Å². The summed E-state index contributed by atoms with van der Waals surface area (Å²) in [6, 6.07) is 3.49. The van der Waals surface area contributed by atoms with E-state index in [1.54, 1.807) is 12.1 Å². The van der Waals surface area contributed by atoms with E-state index >= 15 is 0 Å². The molecule has 1 unspecified atom stereocenters. The summed E-state index contributed by atoms with van der Waals surface area (Å²) in [7, 11) is 1.40. The van der Waals surface area contributed by atoms with Crippen molar-refractivity contribution in [1.82, 2.24) is 10.3 Å². The van der Waals surface area contributed by atoms with Gasteiger partial charge >= 0.3 is 6.18 Å². The number of pyridine rings is 1. The second-order valence-corrected chi connectivity index (χ2v) is 4.19. The lowest BCUT2D eigenvalue weighted by molar-refractivity contribution is -0.119. The van der Waals surface area contributed by atoms with E-state index in [9.17, 15) is 13.2 Å². The van der Waals surface area contributed by atoms with Crippen molar-refractivity contribution in [3.63, 3.8) is 0 Å². The van der Waals surface area contributed by atoms with Gasteiger partial charge in [0, 0.05) is 13.1 Å². The van der Waals surface area contributed by atoms with Gasteiger partial charge in [0.25, 0.3) is 0 Å². The van der Waals surface area contributed by atoms with Crippen LogP contribution in [0.3, 0.4) is 0 Å². The minimum absolute atomic E-state index is 0.0944. The summed E-state index contributed by atoms with van der Waals surface area (Å²) in [5, 5.41) is 3.19. The number of aromatic nitrogens is 1. The highest BCUT2D eigenvalue weighted by molar-refractivity contribution is 5.44. The second-order valence-electron chi connectivity index (χ2n) is 4.19. The lowest BCUT2D eigenvalue weighted by Gasteiger charge is -2.21. The van der Waals surface area contributed by atoms with Gasteiger partial charge in [0.15, 0.2) is 0 Å². The second kappa shape index (κ2) is 6.04. The molecular weight excluding hydrogens is 243 g/mol. The molecule has 1 atom stereocenters. The van der Waals surface area contributed by atoms with Crippen LogP contribution in [0.2, 0.25) is 0 Å². The normalized spacial score (nSPS) is 13.4. The zero-order chi connectivity index (χ0) is 13.8. The summed E-state index contributed by atoms with van der Waals surface area (Å²) in [5.74, 6) is 0. The average molecular weight is 261 g/mol. The molecule has 0 aliphatic carbocycles. The highest BCUT2D eigenvalue weighted by atomic mass is 19.4. The van der Waals surface area contributed by atoms with E-state index in [0.29, 0.717) is 5.69 Å². The molecule has 0 aromatic carbocycles. The molecule has 6 heteroatoms. The van der Waals surface area contributed by atoms with E-state index in [1.165, 1.54) is 13.2 Å². The molecule has 102 valence electrons. The van der Waals surface area contributed by atoms with Crippen molar-refractivity contribution in [3.05, 3.63) is 24.0 Å². The molecule has 1 heterocycles. The van der Waals surface area contributed by atoms with Crippen LogP contribution >= 0.6 is 0 Å². The molecule has 0 fully saturated rings. The maximum absolute atomic E-state index is 12.2. The minimum Gasteiger partial charge on any atom is -0.364 e. The Morgan fingerprint density at radius 3 is 2.50 bits per heavy atom. The molecule has 1 aromatic heterocycles. The van der Waals surface area contributed by atoms with Gasteiger partial charge in [-0.25, -0.2) is 0 Å². The third-order valence-corrected chi connectivity index (χ3v) is 2.58. The van der Waals surface area contributed by atoms with Crippen LogP contribution < -0.4 is 10.2 Å². The smallest absolute Gasteiger partial charge is 0.364 e. The SMILES string of the molecule is CCNC(C)c1ccc(N(C)CC(F)(F)F)cn1. The first-order valence-electron chi connectivity index (χ1n) is 5.80. The van der Waals surface area contributed by atoms with Crippen molar-refractivity contribution < 1.29 is 13.2 Å². The summed E-state index contributed by atoms with van der Waals surface area (Å²) in [4.78, 5) is 5.31. The van der Waals surface area contributed by atoms with Crippen LogP contribution in [-0.2, 0) is 0 Å². The van der Waals surface area contributed by atoms with Crippen molar-refractivity contribution in [2.75, 3.05) is 25.0 Å². The Kier molecular flexibility index (Phi) is 4.95. The number of anilines is 1. The molecule has 0 saturated heterocycles. The van der Waals surface area contributed by atoms with Gasteiger partial charge in [0.2, 0.25) is 0 Å². The summed E-state index contributed by atoms with van der Waals surface area (Å²) >= 11 is 0. The van der Waals surface area contributed by atoms with E-state index in [2.05, 4.69) is 10.3 Å². The van der Waals surface area contributed by atoms with Gasteiger partial charge in [0.1, 0.15) is 6.54 Å². The Hall–Kier alpha value is -1.30. The highest BCUT2D eigenvalue weighted by Gasteiger charge is 2.29. The maximum Gasteiger partial charge on any atom is 0.405 e. The van der Waals surface area contributed by atoms with Crippen molar-refractivity contribution in [1.29, 1.82) is 0 Å². The van der Waals surface area contributed by atoms with E-state index in [4.69, 9.17) is 0 Å². The molecule has 1 aromatic rings. The van der Waals surface area contributed by atoms with Crippen LogP contribution in [0.5, 0.6) is 0 Å². The molecule has 1 rings (SSSR count). The maximum atomic E-state index is 12.2. The van der Waals surface area contributed by atoms with E-state index in [0.717, 1.165) is 17.1 Å². The van der Waals surface area contributed by atoms with Gasteiger partial charge in [-0.05, 0) is 25.6 Å². The van der Waals surface area contributed by atoms with Crippen LogP contribution in [0.15, 0.2) is 18.3 Å². The summed E-state index contributed by atoms with van der Waals surface area (Å²) in [5.41, 5.74) is 1.28. The van der Waals surface area contributed by atoms with E-state index in [-0.39, 0.29) is 6.04 Å². The Morgan fingerprint density at radius 1 is 1.39 bits per heavy atom. The number of halogens is 3. The monoisotopic (exact) mass is 261 g/mol. The van der Waals surface area contributed by atoms with Gasteiger partial charge in [0.05, 0.1) is 17.6 Å². The van der Waals surface area contributed by atoms with Crippen molar-refractivity contribution in [2.24, 2.45) is 0 Å². The Bertz CT molecular complexity index is 362.